The molecule has 17 heavy (non-hydrogen) atoms. The molecule has 0 unspecified atom stereocenters. The molecule has 0 saturated heterocycles. The van der Waals surface area contributed by atoms with Crippen LogP contribution in [-0.4, -0.2) is 12.0 Å². The fourth-order valence-electron chi connectivity index (χ4n) is 1.71. The van der Waals surface area contributed by atoms with Crippen molar-refractivity contribution in [2.45, 2.75) is 13.8 Å². The van der Waals surface area contributed by atoms with E-state index in [1.54, 1.807) is 0 Å². The molecule has 2 rings (SSSR count). The molecule has 3 heteroatoms. The fraction of sp³-hybridized carbons (Fsp3) is 0.214. The number of benzene rings is 1. The van der Waals surface area contributed by atoms with Gasteiger partial charge in [-0.2, -0.15) is 0 Å². The fourth-order valence-corrected chi connectivity index (χ4v) is 1.71. The number of pyridine rings is 1. The van der Waals surface area contributed by atoms with Gasteiger partial charge < -0.3 is 10.6 Å². The predicted octanol–water partition coefficient (Wildman–Crippen LogP) is 3.48. The number of nitrogens with zero attached hydrogens (tertiary/aromatic N) is 1. The summed E-state index contributed by atoms with van der Waals surface area (Å²) in [6.07, 6.45) is 0. The van der Waals surface area contributed by atoms with E-state index < -0.39 is 0 Å². The zero-order chi connectivity index (χ0) is 12.3. The van der Waals surface area contributed by atoms with Gasteiger partial charge in [-0.1, -0.05) is 12.1 Å². The summed E-state index contributed by atoms with van der Waals surface area (Å²) in [5, 5.41) is 6.46. The minimum atomic E-state index is 0.859. The van der Waals surface area contributed by atoms with Crippen LogP contribution in [0.4, 0.5) is 17.2 Å². The number of aromatic nitrogens is 1. The largest absolute Gasteiger partial charge is 0.385 e. The Morgan fingerprint density at radius 1 is 1.06 bits per heavy atom. The minimum Gasteiger partial charge on any atom is -0.385 e. The highest BCUT2D eigenvalue weighted by Gasteiger charge is 2.03. The Labute approximate surface area is 102 Å². The second-order valence-electron chi connectivity index (χ2n) is 4.09. The van der Waals surface area contributed by atoms with Gasteiger partial charge in [-0.3, -0.25) is 0 Å². The zero-order valence-corrected chi connectivity index (χ0v) is 10.4. The van der Waals surface area contributed by atoms with E-state index in [0.717, 1.165) is 22.9 Å². The third-order valence-corrected chi connectivity index (χ3v) is 2.58. The van der Waals surface area contributed by atoms with Gasteiger partial charge in [0.25, 0.3) is 0 Å². The Morgan fingerprint density at radius 2 is 1.88 bits per heavy atom. The van der Waals surface area contributed by atoms with Crippen molar-refractivity contribution >= 4 is 17.2 Å². The highest BCUT2D eigenvalue weighted by Crippen LogP contribution is 2.23. The molecule has 0 atom stereocenters. The number of anilines is 3. The van der Waals surface area contributed by atoms with Gasteiger partial charge in [-0.15, -0.1) is 0 Å². The first-order valence-corrected chi connectivity index (χ1v) is 5.68. The van der Waals surface area contributed by atoms with Gasteiger partial charge in [-0.25, -0.2) is 4.98 Å². The molecule has 0 spiro atoms. The highest BCUT2D eigenvalue weighted by atomic mass is 15.0. The van der Waals surface area contributed by atoms with Crippen molar-refractivity contribution in [3.8, 4) is 0 Å². The van der Waals surface area contributed by atoms with Crippen molar-refractivity contribution in [2.75, 3.05) is 17.7 Å². The second-order valence-corrected chi connectivity index (χ2v) is 4.09. The summed E-state index contributed by atoms with van der Waals surface area (Å²) in [6.45, 7) is 4.06. The maximum atomic E-state index is 4.50. The molecule has 0 saturated carbocycles. The topological polar surface area (TPSA) is 37.0 Å². The lowest BCUT2D eigenvalue weighted by Crippen LogP contribution is -2.00. The Kier molecular flexibility index (Phi) is 3.28. The van der Waals surface area contributed by atoms with Crippen LogP contribution >= 0.6 is 0 Å². The maximum Gasteiger partial charge on any atom is 0.154 e. The van der Waals surface area contributed by atoms with Gasteiger partial charge in [-0.05, 0) is 43.7 Å². The second kappa shape index (κ2) is 4.87. The van der Waals surface area contributed by atoms with Crippen LogP contribution in [0.15, 0.2) is 36.4 Å². The van der Waals surface area contributed by atoms with Gasteiger partial charge in [0, 0.05) is 18.4 Å². The smallest absolute Gasteiger partial charge is 0.154 e. The molecule has 88 valence electrons. The van der Waals surface area contributed by atoms with Crippen molar-refractivity contribution in [1.29, 1.82) is 0 Å². The van der Waals surface area contributed by atoms with Crippen LogP contribution in [0.25, 0.3) is 0 Å². The molecule has 0 radical (unpaired) electrons. The van der Waals surface area contributed by atoms with Gasteiger partial charge >= 0.3 is 0 Å². The number of aryl methyl sites for hydroxylation is 2. The average molecular weight is 227 g/mol. The minimum absolute atomic E-state index is 0.859. The van der Waals surface area contributed by atoms with E-state index in [0.29, 0.717) is 0 Å². The van der Waals surface area contributed by atoms with E-state index in [4.69, 9.17) is 0 Å². The molecule has 3 nitrogen and oxygen atoms in total. The number of nitrogens with one attached hydrogen (secondary N) is 2. The number of hydrogen-bond donors (Lipinski definition) is 2. The first-order chi connectivity index (χ1) is 8.19. The van der Waals surface area contributed by atoms with E-state index in [1.807, 2.05) is 38.2 Å². The average Bonchev–Trinajstić information content (AvgIpc) is 2.29. The van der Waals surface area contributed by atoms with Gasteiger partial charge in [0.1, 0.15) is 0 Å². The van der Waals surface area contributed by atoms with E-state index >= 15 is 0 Å². The van der Waals surface area contributed by atoms with E-state index in [1.165, 1.54) is 5.56 Å². The zero-order valence-electron chi connectivity index (χ0n) is 10.4. The van der Waals surface area contributed by atoms with Crippen LogP contribution in [0.1, 0.15) is 11.3 Å². The first-order valence-electron chi connectivity index (χ1n) is 5.68. The number of hydrogen-bond acceptors (Lipinski definition) is 3. The van der Waals surface area contributed by atoms with Gasteiger partial charge in [0.15, 0.2) is 5.82 Å². The van der Waals surface area contributed by atoms with Crippen LogP contribution in [-0.2, 0) is 0 Å². The number of rotatable bonds is 3. The molecule has 1 aromatic carbocycles. The standard InChI is InChI=1S/C14H17N3/c1-10-5-4-6-12(9-10)17-14-13(15-3)8-7-11(2)16-14/h4-9,15H,1-3H3,(H,16,17). The molecular formula is C14H17N3. The molecule has 0 aliphatic heterocycles. The Hall–Kier alpha value is -2.03. The normalized spacial score (nSPS) is 10.1. The molecule has 0 amide bonds. The molecule has 0 bridgehead atoms. The van der Waals surface area contributed by atoms with E-state index in [-0.39, 0.29) is 0 Å². The van der Waals surface area contributed by atoms with Gasteiger partial charge in [0.05, 0.1) is 5.69 Å². The summed E-state index contributed by atoms with van der Waals surface area (Å²) < 4.78 is 0. The van der Waals surface area contributed by atoms with Crippen molar-refractivity contribution < 1.29 is 0 Å². The summed E-state index contributed by atoms with van der Waals surface area (Å²) in [4.78, 5) is 4.50. The lowest BCUT2D eigenvalue weighted by atomic mass is 10.2. The van der Waals surface area contributed by atoms with Gasteiger partial charge in [0.2, 0.25) is 0 Å². The van der Waals surface area contributed by atoms with Crippen molar-refractivity contribution in [2.24, 2.45) is 0 Å². The Balaban J connectivity index is 2.32. The molecule has 2 aromatic rings. The predicted molar refractivity (Wildman–Crippen MR) is 73.0 cm³/mol. The molecule has 1 heterocycles. The lowest BCUT2D eigenvalue weighted by Gasteiger charge is -2.11. The first kappa shape index (κ1) is 11.5. The molecule has 2 N–H and O–H groups in total. The Bertz CT molecular complexity index is 521. The van der Waals surface area contributed by atoms with Crippen molar-refractivity contribution in [1.82, 2.24) is 4.98 Å². The molecule has 0 aliphatic rings. The van der Waals surface area contributed by atoms with Crippen LogP contribution in [0, 0.1) is 13.8 Å². The molecular weight excluding hydrogens is 210 g/mol. The highest BCUT2D eigenvalue weighted by molar-refractivity contribution is 5.70. The van der Waals surface area contributed by atoms with Crippen LogP contribution in [0.3, 0.4) is 0 Å². The summed E-state index contributed by atoms with van der Waals surface area (Å²) in [6, 6.07) is 12.3. The van der Waals surface area contributed by atoms with Crippen LogP contribution in [0.2, 0.25) is 0 Å². The third kappa shape index (κ3) is 2.75. The van der Waals surface area contributed by atoms with Crippen LogP contribution < -0.4 is 10.6 Å². The lowest BCUT2D eigenvalue weighted by molar-refractivity contribution is 1.19. The molecule has 0 aliphatic carbocycles. The van der Waals surface area contributed by atoms with E-state index in [9.17, 15) is 0 Å². The SMILES string of the molecule is CNc1ccc(C)nc1Nc1cccc(C)c1. The summed E-state index contributed by atoms with van der Waals surface area (Å²) >= 11 is 0. The summed E-state index contributed by atoms with van der Waals surface area (Å²) in [5.74, 6) is 0.859. The van der Waals surface area contributed by atoms with Crippen molar-refractivity contribution in [3.05, 3.63) is 47.7 Å². The molecule has 1 aromatic heterocycles. The van der Waals surface area contributed by atoms with Crippen molar-refractivity contribution in [3.63, 3.8) is 0 Å². The maximum absolute atomic E-state index is 4.50. The Morgan fingerprint density at radius 3 is 2.59 bits per heavy atom. The van der Waals surface area contributed by atoms with Crippen LogP contribution in [0.5, 0.6) is 0 Å². The molecule has 0 fully saturated rings. The summed E-state index contributed by atoms with van der Waals surface area (Å²) in [7, 11) is 1.90. The monoisotopic (exact) mass is 227 g/mol. The van der Waals surface area contributed by atoms with E-state index in [2.05, 4.69) is 34.7 Å². The quantitative estimate of drug-likeness (QED) is 0.842. The summed E-state index contributed by atoms with van der Waals surface area (Å²) in [5.41, 5.74) is 4.28. The third-order valence-electron chi connectivity index (χ3n) is 2.58.